The number of nitrogens with two attached hydrogens (primary N) is 1. The number of nitrogens with zero attached hydrogens (tertiary/aromatic N) is 3. The van der Waals surface area contributed by atoms with E-state index in [0.29, 0.717) is 12.1 Å². The van der Waals surface area contributed by atoms with Gasteiger partial charge < -0.3 is 10.1 Å². The highest BCUT2D eigenvalue weighted by molar-refractivity contribution is 5.70. The number of rotatable bonds is 2. The van der Waals surface area contributed by atoms with Gasteiger partial charge in [0.05, 0.1) is 23.9 Å². The Morgan fingerprint density at radius 3 is 2.90 bits per heavy atom. The Morgan fingerprint density at radius 1 is 1.30 bits per heavy atom. The minimum Gasteiger partial charge on any atom is -0.399 e. The van der Waals surface area contributed by atoms with E-state index in [9.17, 15) is 0 Å². The van der Waals surface area contributed by atoms with Gasteiger partial charge in [0.1, 0.15) is 5.65 Å². The van der Waals surface area contributed by atoms with E-state index in [0.717, 1.165) is 28.2 Å². The molecule has 3 rings (SSSR count). The van der Waals surface area contributed by atoms with Crippen LogP contribution in [-0.4, -0.2) is 9.38 Å². The predicted molar refractivity (Wildman–Crippen MR) is 79.1 cm³/mol. The van der Waals surface area contributed by atoms with Crippen LogP contribution in [0.4, 0.5) is 5.69 Å². The molecule has 0 spiro atoms. The lowest BCUT2D eigenvalue weighted by atomic mass is 10.1. The average Bonchev–Trinajstić information content (AvgIpc) is 2.77. The summed E-state index contributed by atoms with van der Waals surface area (Å²) in [5.74, 6) is 0. The second-order valence-corrected chi connectivity index (χ2v) is 4.80. The summed E-state index contributed by atoms with van der Waals surface area (Å²) in [5, 5.41) is 9.06. The number of fused-ring (bicyclic) bond motifs is 1. The molecule has 0 fully saturated rings. The molecule has 2 aromatic heterocycles. The fourth-order valence-corrected chi connectivity index (χ4v) is 2.36. The van der Waals surface area contributed by atoms with Crippen molar-refractivity contribution in [2.45, 2.75) is 13.3 Å². The van der Waals surface area contributed by atoms with Gasteiger partial charge in [-0.25, -0.2) is 4.98 Å². The van der Waals surface area contributed by atoms with Crippen LogP contribution in [0.1, 0.15) is 11.3 Å². The molecule has 3 aromatic rings. The fourth-order valence-electron chi connectivity index (χ4n) is 2.36. The van der Waals surface area contributed by atoms with Crippen molar-refractivity contribution in [1.29, 1.82) is 5.26 Å². The molecule has 0 saturated heterocycles. The molecule has 2 heterocycles. The molecule has 0 aliphatic rings. The first-order valence-corrected chi connectivity index (χ1v) is 6.39. The molecule has 0 bridgehead atoms. The molecule has 0 radical (unpaired) electrons. The minimum atomic E-state index is 0.314. The zero-order valence-electron chi connectivity index (χ0n) is 11.2. The lowest BCUT2D eigenvalue weighted by Gasteiger charge is -2.02. The number of nitriles is 1. The van der Waals surface area contributed by atoms with Gasteiger partial charge in [-0.05, 0) is 36.8 Å². The van der Waals surface area contributed by atoms with Gasteiger partial charge in [0.15, 0.2) is 0 Å². The van der Waals surface area contributed by atoms with Crippen molar-refractivity contribution in [2.24, 2.45) is 0 Å². The molecule has 20 heavy (non-hydrogen) atoms. The SMILES string of the molecule is Cc1ccn2c(CC#N)c(-c3cccc(N)c3)nc2c1. The lowest BCUT2D eigenvalue weighted by Crippen LogP contribution is -1.94. The third kappa shape index (κ3) is 1.99. The topological polar surface area (TPSA) is 67.1 Å². The van der Waals surface area contributed by atoms with Crippen LogP contribution in [-0.2, 0) is 6.42 Å². The molecule has 0 atom stereocenters. The van der Waals surface area contributed by atoms with E-state index >= 15 is 0 Å². The number of anilines is 1. The van der Waals surface area contributed by atoms with Gasteiger partial charge in [0, 0.05) is 17.4 Å². The zero-order valence-corrected chi connectivity index (χ0v) is 11.2. The fraction of sp³-hybridized carbons (Fsp3) is 0.125. The van der Waals surface area contributed by atoms with E-state index in [1.807, 2.05) is 53.9 Å². The van der Waals surface area contributed by atoms with Crippen molar-refractivity contribution >= 4 is 11.3 Å². The number of nitrogen functional groups attached to an aromatic ring is 1. The van der Waals surface area contributed by atoms with Crippen molar-refractivity contribution in [3.63, 3.8) is 0 Å². The van der Waals surface area contributed by atoms with Crippen LogP contribution in [0.5, 0.6) is 0 Å². The highest BCUT2D eigenvalue weighted by Crippen LogP contribution is 2.26. The number of aryl methyl sites for hydroxylation is 1. The monoisotopic (exact) mass is 262 g/mol. The molecular formula is C16H14N4. The van der Waals surface area contributed by atoms with Crippen molar-refractivity contribution < 1.29 is 0 Å². The average molecular weight is 262 g/mol. The smallest absolute Gasteiger partial charge is 0.137 e. The molecule has 0 saturated carbocycles. The summed E-state index contributed by atoms with van der Waals surface area (Å²) in [6.45, 7) is 2.03. The first-order chi connectivity index (χ1) is 9.69. The van der Waals surface area contributed by atoms with Gasteiger partial charge in [0.2, 0.25) is 0 Å². The van der Waals surface area contributed by atoms with Gasteiger partial charge in [-0.3, -0.25) is 0 Å². The van der Waals surface area contributed by atoms with Crippen molar-refractivity contribution in [3.05, 3.63) is 53.9 Å². The van der Waals surface area contributed by atoms with Gasteiger partial charge in [-0.15, -0.1) is 0 Å². The molecule has 0 unspecified atom stereocenters. The summed E-state index contributed by atoms with van der Waals surface area (Å²) in [6, 6.07) is 13.8. The Labute approximate surface area is 117 Å². The summed E-state index contributed by atoms with van der Waals surface area (Å²) in [5.41, 5.74) is 11.2. The second kappa shape index (κ2) is 4.71. The zero-order chi connectivity index (χ0) is 14.1. The van der Waals surface area contributed by atoms with Crippen LogP contribution in [0.3, 0.4) is 0 Å². The van der Waals surface area contributed by atoms with Crippen LogP contribution in [0.15, 0.2) is 42.6 Å². The normalized spacial score (nSPS) is 10.6. The molecule has 0 aliphatic heterocycles. The van der Waals surface area contributed by atoms with Gasteiger partial charge in [-0.2, -0.15) is 5.26 Å². The van der Waals surface area contributed by atoms with Gasteiger partial charge in [0.25, 0.3) is 0 Å². The number of benzene rings is 1. The maximum atomic E-state index is 9.06. The van der Waals surface area contributed by atoms with E-state index < -0.39 is 0 Å². The summed E-state index contributed by atoms with van der Waals surface area (Å²) >= 11 is 0. The molecule has 1 aromatic carbocycles. The Bertz CT molecular complexity index is 824. The number of aromatic nitrogens is 2. The van der Waals surface area contributed by atoms with Crippen molar-refractivity contribution in [2.75, 3.05) is 5.73 Å². The first-order valence-electron chi connectivity index (χ1n) is 6.39. The van der Waals surface area contributed by atoms with E-state index in [1.54, 1.807) is 0 Å². The Morgan fingerprint density at radius 2 is 2.15 bits per heavy atom. The summed E-state index contributed by atoms with van der Waals surface area (Å²) in [4.78, 5) is 4.66. The van der Waals surface area contributed by atoms with E-state index in [4.69, 9.17) is 11.0 Å². The molecule has 4 nitrogen and oxygen atoms in total. The second-order valence-electron chi connectivity index (χ2n) is 4.80. The highest BCUT2D eigenvalue weighted by atomic mass is 15.0. The standard InChI is InChI=1S/C16H14N4/c1-11-6-8-20-14(5-7-17)16(19-15(20)9-11)12-3-2-4-13(18)10-12/h2-4,6,8-10H,5,18H2,1H3. The van der Waals surface area contributed by atoms with Crippen molar-refractivity contribution in [3.8, 4) is 17.3 Å². The molecule has 98 valence electrons. The Balaban J connectivity index is 2.29. The summed E-state index contributed by atoms with van der Waals surface area (Å²) in [6.07, 6.45) is 2.27. The summed E-state index contributed by atoms with van der Waals surface area (Å²) < 4.78 is 1.97. The lowest BCUT2D eigenvalue weighted by molar-refractivity contribution is 1.05. The van der Waals surface area contributed by atoms with E-state index in [-0.39, 0.29) is 0 Å². The minimum absolute atomic E-state index is 0.314. The Kier molecular flexibility index (Phi) is 2.88. The molecular weight excluding hydrogens is 248 g/mol. The summed E-state index contributed by atoms with van der Waals surface area (Å²) in [7, 11) is 0. The first kappa shape index (κ1) is 12.2. The highest BCUT2D eigenvalue weighted by Gasteiger charge is 2.13. The van der Waals surface area contributed by atoms with Crippen LogP contribution in [0.2, 0.25) is 0 Å². The molecule has 2 N–H and O–H groups in total. The number of imidazole rings is 1. The van der Waals surface area contributed by atoms with E-state index in [1.165, 1.54) is 0 Å². The third-order valence-corrected chi connectivity index (χ3v) is 3.29. The van der Waals surface area contributed by atoms with Crippen LogP contribution < -0.4 is 5.73 Å². The maximum absolute atomic E-state index is 9.06. The predicted octanol–water partition coefficient (Wildman–Crippen LogP) is 2.96. The number of pyridine rings is 1. The number of hydrogen-bond donors (Lipinski definition) is 1. The Hall–Kier alpha value is -2.80. The van der Waals surface area contributed by atoms with Crippen LogP contribution in [0, 0.1) is 18.3 Å². The van der Waals surface area contributed by atoms with Gasteiger partial charge in [-0.1, -0.05) is 12.1 Å². The maximum Gasteiger partial charge on any atom is 0.137 e. The van der Waals surface area contributed by atoms with Crippen LogP contribution in [0.25, 0.3) is 16.9 Å². The van der Waals surface area contributed by atoms with E-state index in [2.05, 4.69) is 11.1 Å². The number of hydrogen-bond acceptors (Lipinski definition) is 3. The quantitative estimate of drug-likeness (QED) is 0.722. The van der Waals surface area contributed by atoms with Crippen LogP contribution >= 0.6 is 0 Å². The molecule has 4 heteroatoms. The third-order valence-electron chi connectivity index (χ3n) is 3.29. The largest absolute Gasteiger partial charge is 0.399 e. The molecule has 0 aliphatic carbocycles. The van der Waals surface area contributed by atoms with Gasteiger partial charge >= 0.3 is 0 Å². The van der Waals surface area contributed by atoms with Crippen molar-refractivity contribution in [1.82, 2.24) is 9.38 Å². The molecule has 0 amide bonds.